The van der Waals surface area contributed by atoms with Crippen LogP contribution in [0.1, 0.15) is 24.4 Å². The molecule has 9 heteroatoms. The van der Waals surface area contributed by atoms with Crippen LogP contribution in [-0.2, 0) is 9.53 Å². The van der Waals surface area contributed by atoms with Gasteiger partial charge in [0.2, 0.25) is 5.76 Å². The van der Waals surface area contributed by atoms with E-state index in [0.717, 1.165) is 6.07 Å². The summed E-state index contributed by atoms with van der Waals surface area (Å²) in [6.07, 6.45) is -1.29. The minimum atomic E-state index is -1.29. The molecule has 2 aromatic rings. The molecule has 3 N–H and O–H groups in total. The number of halogens is 1. The Balaban J connectivity index is 2.31. The Bertz CT molecular complexity index is 905. The monoisotopic (exact) mass is 366 g/mol. The van der Waals surface area contributed by atoms with Crippen LogP contribution in [0, 0.1) is 5.92 Å². The van der Waals surface area contributed by atoms with Gasteiger partial charge in [-0.1, -0.05) is 25.4 Å². The number of carbonyl (C=O) groups is 3. The molecule has 0 aliphatic carbocycles. The molecule has 0 saturated carbocycles. The molecule has 1 aromatic heterocycles. The second-order valence-electron chi connectivity index (χ2n) is 5.54. The summed E-state index contributed by atoms with van der Waals surface area (Å²) in [5.74, 6) is -2.72. The van der Waals surface area contributed by atoms with Gasteiger partial charge in [-0.05, 0) is 24.1 Å². The smallest absolute Gasteiger partial charge is 0.375 e. The van der Waals surface area contributed by atoms with E-state index < -0.39 is 35.4 Å². The molecular weight excluding hydrogens is 352 g/mol. The average Bonchev–Trinajstić information content (AvgIpc) is 2.51. The molecule has 132 valence electrons. The van der Waals surface area contributed by atoms with Crippen LogP contribution in [0.25, 0.3) is 11.0 Å². The number of hydrogen-bond acceptors (Lipinski definition) is 6. The zero-order valence-corrected chi connectivity index (χ0v) is 14.1. The number of amides is 3. The molecule has 0 saturated heterocycles. The van der Waals surface area contributed by atoms with Gasteiger partial charge in [0.05, 0.1) is 5.39 Å². The molecule has 1 aromatic carbocycles. The van der Waals surface area contributed by atoms with Gasteiger partial charge in [0.1, 0.15) is 5.58 Å². The van der Waals surface area contributed by atoms with E-state index >= 15 is 0 Å². The number of nitrogens with one attached hydrogen (secondary N) is 1. The number of ether oxygens (including phenoxy) is 1. The maximum Gasteiger partial charge on any atom is 0.375 e. The highest BCUT2D eigenvalue weighted by Gasteiger charge is 2.29. The maximum absolute atomic E-state index is 12.2. The van der Waals surface area contributed by atoms with Crippen molar-refractivity contribution in [1.29, 1.82) is 0 Å². The van der Waals surface area contributed by atoms with E-state index in [9.17, 15) is 19.2 Å². The highest BCUT2D eigenvalue weighted by molar-refractivity contribution is 6.31. The van der Waals surface area contributed by atoms with Crippen LogP contribution in [0.5, 0.6) is 0 Å². The number of urea groups is 1. The van der Waals surface area contributed by atoms with Gasteiger partial charge in [0.25, 0.3) is 5.91 Å². The van der Waals surface area contributed by atoms with Gasteiger partial charge in [0, 0.05) is 11.1 Å². The average molecular weight is 367 g/mol. The second kappa shape index (κ2) is 7.35. The standard InChI is InChI=1S/C16H15ClN2O6/c1-7(2)13(14(21)19-16(18)23)25-15(22)12-6-10(20)9-5-8(17)3-4-11(9)24-12/h3-7,13H,1-2H3,(H3,18,19,21,23)/t13-/m0/s1. The van der Waals surface area contributed by atoms with Crippen LogP contribution in [-0.4, -0.2) is 24.0 Å². The molecule has 2 rings (SSSR count). The molecular formula is C16H15ClN2O6. The minimum Gasteiger partial charge on any atom is -0.449 e. The Morgan fingerprint density at radius 3 is 2.52 bits per heavy atom. The lowest BCUT2D eigenvalue weighted by Gasteiger charge is -2.19. The highest BCUT2D eigenvalue weighted by Crippen LogP contribution is 2.19. The van der Waals surface area contributed by atoms with Gasteiger partial charge in [-0.25, -0.2) is 9.59 Å². The van der Waals surface area contributed by atoms with Crippen molar-refractivity contribution in [2.45, 2.75) is 20.0 Å². The van der Waals surface area contributed by atoms with Gasteiger partial charge in [-0.15, -0.1) is 0 Å². The number of rotatable bonds is 4. The summed E-state index contributed by atoms with van der Waals surface area (Å²) >= 11 is 5.82. The third-order valence-electron chi connectivity index (χ3n) is 3.23. The molecule has 3 amide bonds. The van der Waals surface area contributed by atoms with Crippen LogP contribution in [0.2, 0.25) is 5.02 Å². The van der Waals surface area contributed by atoms with Crippen molar-refractivity contribution >= 4 is 40.5 Å². The van der Waals surface area contributed by atoms with Gasteiger partial charge < -0.3 is 14.9 Å². The highest BCUT2D eigenvalue weighted by atomic mass is 35.5. The van der Waals surface area contributed by atoms with Crippen LogP contribution in [0.4, 0.5) is 4.79 Å². The third kappa shape index (κ3) is 4.36. The molecule has 0 bridgehead atoms. The summed E-state index contributed by atoms with van der Waals surface area (Å²) in [6.45, 7) is 3.22. The third-order valence-corrected chi connectivity index (χ3v) is 3.47. The summed E-state index contributed by atoms with van der Waals surface area (Å²) in [5, 5.41) is 2.39. The summed E-state index contributed by atoms with van der Waals surface area (Å²) in [4.78, 5) is 47.0. The fourth-order valence-corrected chi connectivity index (χ4v) is 2.26. The Morgan fingerprint density at radius 2 is 1.92 bits per heavy atom. The molecule has 0 aliphatic heterocycles. The Morgan fingerprint density at radius 1 is 1.24 bits per heavy atom. The van der Waals surface area contributed by atoms with Crippen molar-refractivity contribution in [3.63, 3.8) is 0 Å². The van der Waals surface area contributed by atoms with Gasteiger partial charge in [-0.2, -0.15) is 0 Å². The summed E-state index contributed by atoms with van der Waals surface area (Å²) < 4.78 is 10.4. The van der Waals surface area contributed by atoms with Gasteiger partial charge in [-0.3, -0.25) is 14.9 Å². The lowest BCUT2D eigenvalue weighted by molar-refractivity contribution is -0.131. The molecule has 0 unspecified atom stereocenters. The largest absolute Gasteiger partial charge is 0.449 e. The topological polar surface area (TPSA) is 129 Å². The molecule has 0 aliphatic rings. The SMILES string of the molecule is CC(C)[C@H](OC(=O)c1cc(=O)c2cc(Cl)ccc2o1)C(=O)NC(N)=O. The lowest BCUT2D eigenvalue weighted by Crippen LogP contribution is -2.45. The number of hydrogen-bond donors (Lipinski definition) is 2. The number of nitrogens with two attached hydrogens (primary N) is 1. The molecule has 25 heavy (non-hydrogen) atoms. The summed E-state index contributed by atoms with van der Waals surface area (Å²) in [6, 6.07) is 4.23. The second-order valence-corrected chi connectivity index (χ2v) is 5.98. The number of primary amides is 1. The van der Waals surface area contributed by atoms with E-state index in [-0.39, 0.29) is 16.7 Å². The van der Waals surface area contributed by atoms with Crippen molar-refractivity contribution < 1.29 is 23.5 Å². The minimum absolute atomic E-state index is 0.145. The fourth-order valence-electron chi connectivity index (χ4n) is 2.09. The first-order valence-corrected chi connectivity index (χ1v) is 7.61. The number of carbonyl (C=O) groups excluding carboxylic acids is 3. The zero-order chi connectivity index (χ0) is 18.7. The van der Waals surface area contributed by atoms with E-state index in [4.69, 9.17) is 26.5 Å². The summed E-state index contributed by atoms with van der Waals surface area (Å²) in [7, 11) is 0. The molecule has 1 heterocycles. The fraction of sp³-hybridized carbons (Fsp3) is 0.250. The first-order chi connectivity index (χ1) is 11.7. The van der Waals surface area contributed by atoms with Crippen molar-refractivity contribution in [3.05, 3.63) is 45.3 Å². The van der Waals surface area contributed by atoms with Crippen LogP contribution >= 0.6 is 11.6 Å². The van der Waals surface area contributed by atoms with E-state index in [1.165, 1.54) is 18.2 Å². The van der Waals surface area contributed by atoms with E-state index in [1.54, 1.807) is 13.8 Å². The Kier molecular flexibility index (Phi) is 5.43. The molecule has 0 fully saturated rings. The van der Waals surface area contributed by atoms with Crippen LogP contribution in [0.15, 0.2) is 33.5 Å². The van der Waals surface area contributed by atoms with E-state index in [0.29, 0.717) is 5.02 Å². The first kappa shape index (κ1) is 18.5. The zero-order valence-electron chi connectivity index (χ0n) is 13.4. The molecule has 0 radical (unpaired) electrons. The number of benzene rings is 1. The molecule has 1 atom stereocenters. The quantitative estimate of drug-likeness (QED) is 0.794. The van der Waals surface area contributed by atoms with E-state index in [2.05, 4.69) is 0 Å². The van der Waals surface area contributed by atoms with Crippen molar-refractivity contribution in [3.8, 4) is 0 Å². The summed E-state index contributed by atoms with van der Waals surface area (Å²) in [5.41, 5.74) is 4.54. The van der Waals surface area contributed by atoms with Crippen molar-refractivity contribution in [2.24, 2.45) is 11.7 Å². The Labute approximate surface area is 146 Å². The lowest BCUT2D eigenvalue weighted by atomic mass is 10.1. The predicted molar refractivity (Wildman–Crippen MR) is 89.3 cm³/mol. The van der Waals surface area contributed by atoms with Gasteiger partial charge >= 0.3 is 12.0 Å². The number of imide groups is 1. The number of esters is 1. The molecule has 0 spiro atoms. The first-order valence-electron chi connectivity index (χ1n) is 7.23. The van der Waals surface area contributed by atoms with Crippen molar-refractivity contribution in [2.75, 3.05) is 0 Å². The predicted octanol–water partition coefficient (Wildman–Crippen LogP) is 1.82. The van der Waals surface area contributed by atoms with E-state index in [1.807, 2.05) is 5.32 Å². The van der Waals surface area contributed by atoms with Gasteiger partial charge in [0.15, 0.2) is 11.5 Å². The number of fused-ring (bicyclic) bond motifs is 1. The maximum atomic E-state index is 12.2. The van der Waals surface area contributed by atoms with Crippen LogP contribution in [0.3, 0.4) is 0 Å². The van der Waals surface area contributed by atoms with Crippen LogP contribution < -0.4 is 16.5 Å². The van der Waals surface area contributed by atoms with Crippen molar-refractivity contribution in [1.82, 2.24) is 5.32 Å². The molecule has 8 nitrogen and oxygen atoms in total. The normalized spacial score (nSPS) is 12.0. The Hall–Kier alpha value is -2.87.